The first kappa shape index (κ1) is 14.2. The van der Waals surface area contributed by atoms with E-state index in [1.165, 1.54) is 0 Å². The number of H-pyrrole nitrogens is 1. The van der Waals surface area contributed by atoms with Crippen LogP contribution >= 0.6 is 0 Å². The minimum Gasteiger partial charge on any atom is -0.380 e. The number of carbonyl (C=O) groups is 1. The molecule has 4 heteroatoms. The van der Waals surface area contributed by atoms with Crippen molar-refractivity contribution in [1.29, 1.82) is 0 Å². The molecule has 0 aliphatic carbocycles. The van der Waals surface area contributed by atoms with Crippen LogP contribution in [0, 0.1) is 5.92 Å². The highest BCUT2D eigenvalue weighted by Gasteiger charge is 2.15. The van der Waals surface area contributed by atoms with Crippen LogP contribution in [0.2, 0.25) is 0 Å². The summed E-state index contributed by atoms with van der Waals surface area (Å²) in [6.07, 6.45) is 1.75. The summed E-state index contributed by atoms with van der Waals surface area (Å²) in [6, 6.07) is 13.8. The van der Waals surface area contributed by atoms with Crippen molar-refractivity contribution in [1.82, 2.24) is 10.3 Å². The average molecular weight is 271 g/mol. The lowest BCUT2D eigenvalue weighted by Crippen LogP contribution is -2.39. The highest BCUT2D eigenvalue weighted by Crippen LogP contribution is 2.11. The van der Waals surface area contributed by atoms with Gasteiger partial charge in [-0.05, 0) is 30.2 Å². The molecule has 0 saturated heterocycles. The van der Waals surface area contributed by atoms with Crippen molar-refractivity contribution >= 4 is 11.6 Å². The number of nitrogens with one attached hydrogen (secondary N) is 3. The van der Waals surface area contributed by atoms with Crippen LogP contribution in [-0.2, 0) is 0 Å². The fourth-order valence-corrected chi connectivity index (χ4v) is 1.97. The van der Waals surface area contributed by atoms with Crippen LogP contribution in [0.15, 0.2) is 48.7 Å². The van der Waals surface area contributed by atoms with Gasteiger partial charge < -0.3 is 15.6 Å². The molecule has 0 aliphatic rings. The van der Waals surface area contributed by atoms with Gasteiger partial charge >= 0.3 is 0 Å². The molecule has 0 fully saturated rings. The molecular formula is C16H21N3O. The van der Waals surface area contributed by atoms with Crippen LogP contribution in [0.4, 0.5) is 5.69 Å². The molecule has 2 aromatic rings. The lowest BCUT2D eigenvalue weighted by Gasteiger charge is -2.23. The third-order valence-corrected chi connectivity index (χ3v) is 3.26. The van der Waals surface area contributed by atoms with Crippen molar-refractivity contribution < 1.29 is 4.79 Å². The summed E-state index contributed by atoms with van der Waals surface area (Å²) in [5.74, 6) is 0.342. The van der Waals surface area contributed by atoms with Gasteiger partial charge in [-0.25, -0.2) is 0 Å². The van der Waals surface area contributed by atoms with Crippen LogP contribution in [-0.4, -0.2) is 23.5 Å². The first-order valence-electron chi connectivity index (χ1n) is 6.90. The van der Waals surface area contributed by atoms with E-state index in [9.17, 15) is 4.79 Å². The summed E-state index contributed by atoms with van der Waals surface area (Å²) >= 11 is 0. The number of anilines is 1. The van der Waals surface area contributed by atoms with E-state index in [2.05, 4.69) is 29.5 Å². The maximum absolute atomic E-state index is 11.9. The number of hydrogen-bond acceptors (Lipinski definition) is 2. The van der Waals surface area contributed by atoms with E-state index < -0.39 is 0 Å². The van der Waals surface area contributed by atoms with E-state index >= 15 is 0 Å². The Hall–Kier alpha value is -2.23. The zero-order chi connectivity index (χ0) is 14.4. The van der Waals surface area contributed by atoms with E-state index in [0.29, 0.717) is 18.2 Å². The van der Waals surface area contributed by atoms with Gasteiger partial charge in [0.1, 0.15) is 5.69 Å². The molecule has 0 spiro atoms. The van der Waals surface area contributed by atoms with Crippen LogP contribution in [0.1, 0.15) is 24.3 Å². The molecule has 106 valence electrons. The quantitative estimate of drug-likeness (QED) is 0.756. The number of benzene rings is 1. The van der Waals surface area contributed by atoms with Crippen LogP contribution < -0.4 is 10.6 Å². The Morgan fingerprint density at radius 2 is 1.90 bits per heavy atom. The standard InChI is InChI=1S/C16H21N3O/c1-12(2)15(19-13-7-4-3-5-8-13)11-18-16(20)14-9-6-10-17-14/h3-10,12,15,17,19H,11H2,1-2H3,(H,18,20)/t15-/m1/s1. The van der Waals surface area contributed by atoms with E-state index in [1.807, 2.05) is 36.4 Å². The van der Waals surface area contributed by atoms with Crippen molar-refractivity contribution in [3.8, 4) is 0 Å². The predicted molar refractivity (Wildman–Crippen MR) is 81.8 cm³/mol. The Labute approximate surface area is 119 Å². The number of amides is 1. The highest BCUT2D eigenvalue weighted by atomic mass is 16.1. The van der Waals surface area contributed by atoms with E-state index in [-0.39, 0.29) is 11.9 Å². The molecule has 1 aromatic carbocycles. The second-order valence-electron chi connectivity index (χ2n) is 5.15. The smallest absolute Gasteiger partial charge is 0.267 e. The molecule has 20 heavy (non-hydrogen) atoms. The van der Waals surface area contributed by atoms with Crippen LogP contribution in [0.3, 0.4) is 0 Å². The third kappa shape index (κ3) is 3.88. The van der Waals surface area contributed by atoms with Crippen molar-refractivity contribution in [2.24, 2.45) is 5.92 Å². The Morgan fingerprint density at radius 1 is 1.15 bits per heavy atom. The summed E-state index contributed by atoms with van der Waals surface area (Å²) < 4.78 is 0. The molecule has 0 saturated carbocycles. The molecule has 2 rings (SSSR count). The fourth-order valence-electron chi connectivity index (χ4n) is 1.97. The van der Waals surface area contributed by atoms with Gasteiger partial charge in [0.2, 0.25) is 0 Å². The zero-order valence-corrected chi connectivity index (χ0v) is 11.9. The van der Waals surface area contributed by atoms with Crippen molar-refractivity contribution in [3.05, 3.63) is 54.4 Å². The average Bonchev–Trinajstić information content (AvgIpc) is 2.98. The van der Waals surface area contributed by atoms with Crippen LogP contribution in [0.5, 0.6) is 0 Å². The molecule has 0 unspecified atom stereocenters. The summed E-state index contributed by atoms with van der Waals surface area (Å²) in [7, 11) is 0. The number of aromatic amines is 1. The van der Waals surface area contributed by atoms with E-state index in [1.54, 1.807) is 12.3 Å². The topological polar surface area (TPSA) is 56.9 Å². The Morgan fingerprint density at radius 3 is 2.50 bits per heavy atom. The molecule has 0 aliphatic heterocycles. The second kappa shape index (κ2) is 6.80. The van der Waals surface area contributed by atoms with Gasteiger partial charge in [-0.1, -0.05) is 32.0 Å². The van der Waals surface area contributed by atoms with Gasteiger partial charge in [0.15, 0.2) is 0 Å². The van der Waals surface area contributed by atoms with Crippen molar-refractivity contribution in [3.63, 3.8) is 0 Å². The summed E-state index contributed by atoms with van der Waals surface area (Å²) in [4.78, 5) is 14.8. The minimum absolute atomic E-state index is 0.0736. The molecule has 0 radical (unpaired) electrons. The Balaban J connectivity index is 1.91. The maximum Gasteiger partial charge on any atom is 0.267 e. The number of rotatable bonds is 6. The van der Waals surface area contributed by atoms with Gasteiger partial charge in [0, 0.05) is 24.5 Å². The molecule has 1 aromatic heterocycles. The molecule has 4 nitrogen and oxygen atoms in total. The summed E-state index contributed by atoms with van der Waals surface area (Å²) in [5, 5.41) is 6.41. The number of hydrogen-bond donors (Lipinski definition) is 3. The van der Waals surface area contributed by atoms with Gasteiger partial charge in [0.25, 0.3) is 5.91 Å². The van der Waals surface area contributed by atoms with Gasteiger partial charge in [-0.2, -0.15) is 0 Å². The first-order chi connectivity index (χ1) is 9.66. The number of aromatic nitrogens is 1. The van der Waals surface area contributed by atoms with Gasteiger partial charge in [0.05, 0.1) is 0 Å². The fraction of sp³-hybridized carbons (Fsp3) is 0.312. The van der Waals surface area contributed by atoms with Gasteiger partial charge in [-0.15, -0.1) is 0 Å². The Bertz CT molecular complexity index is 520. The summed E-state index contributed by atoms with van der Waals surface area (Å²) in [5.41, 5.74) is 1.66. The number of carbonyl (C=O) groups excluding carboxylic acids is 1. The zero-order valence-electron chi connectivity index (χ0n) is 11.9. The van der Waals surface area contributed by atoms with Crippen molar-refractivity contribution in [2.75, 3.05) is 11.9 Å². The molecule has 1 amide bonds. The molecule has 1 atom stereocenters. The minimum atomic E-state index is -0.0736. The number of para-hydroxylation sites is 1. The highest BCUT2D eigenvalue weighted by molar-refractivity contribution is 5.92. The van der Waals surface area contributed by atoms with Crippen LogP contribution in [0.25, 0.3) is 0 Å². The summed E-state index contributed by atoms with van der Waals surface area (Å²) in [6.45, 7) is 4.87. The Kier molecular flexibility index (Phi) is 4.82. The largest absolute Gasteiger partial charge is 0.380 e. The SMILES string of the molecule is CC(C)[C@@H](CNC(=O)c1ccc[nH]1)Nc1ccccc1. The maximum atomic E-state index is 11.9. The lowest BCUT2D eigenvalue weighted by molar-refractivity contribution is 0.0946. The second-order valence-corrected chi connectivity index (χ2v) is 5.15. The van der Waals surface area contributed by atoms with E-state index in [0.717, 1.165) is 5.69 Å². The van der Waals surface area contributed by atoms with E-state index in [4.69, 9.17) is 0 Å². The van der Waals surface area contributed by atoms with Crippen molar-refractivity contribution in [2.45, 2.75) is 19.9 Å². The monoisotopic (exact) mass is 271 g/mol. The first-order valence-corrected chi connectivity index (χ1v) is 6.90. The normalized spacial score (nSPS) is 12.2. The predicted octanol–water partition coefficient (Wildman–Crippen LogP) is 2.88. The lowest BCUT2D eigenvalue weighted by atomic mass is 10.0. The molecular weight excluding hydrogens is 250 g/mol. The van der Waals surface area contributed by atoms with Gasteiger partial charge in [-0.3, -0.25) is 4.79 Å². The third-order valence-electron chi connectivity index (χ3n) is 3.26. The molecule has 1 heterocycles. The molecule has 0 bridgehead atoms. The molecule has 3 N–H and O–H groups in total.